The lowest BCUT2D eigenvalue weighted by Gasteiger charge is -2.34. The molecule has 5 aliphatic heterocycles. The molecule has 0 saturated carbocycles. The van der Waals surface area contributed by atoms with Gasteiger partial charge in [0.2, 0.25) is 0 Å². The van der Waals surface area contributed by atoms with Gasteiger partial charge in [0.05, 0.1) is 37.4 Å². The minimum Gasteiger partial charge on any atom is -0.475 e. The molecule has 606 valence electrons. The number of rotatable bonds is 9. The Labute approximate surface area is 671 Å². The van der Waals surface area contributed by atoms with Gasteiger partial charge in [-0.25, -0.2) is 29.7 Å². The number of aliphatic carboxylic acids is 1. The first-order valence-corrected chi connectivity index (χ1v) is 38.0. The van der Waals surface area contributed by atoms with E-state index in [9.17, 15) is 59.6 Å². The van der Waals surface area contributed by atoms with Gasteiger partial charge in [-0.15, -0.1) is 0 Å². The number of nitriles is 5. The van der Waals surface area contributed by atoms with E-state index in [1.165, 1.54) is 18.8 Å². The number of aromatic nitrogens is 5. The summed E-state index contributed by atoms with van der Waals surface area (Å²) >= 11 is 3.38. The second-order valence-corrected chi connectivity index (χ2v) is 29.6. The minimum atomic E-state index is -5.08. The first kappa shape index (κ1) is 88.5. The number of halogens is 10. The van der Waals surface area contributed by atoms with Crippen LogP contribution in [0.1, 0.15) is 127 Å². The summed E-state index contributed by atoms with van der Waals surface area (Å²) in [5, 5.41) is 101. The SMILES string of the molecule is C[C@@H]1CC[C@H](C=O)N1c1ccc2c(C#N)nccc2c1.C[C@@H]1CC[C@H](CO)N1.C[C@@H]1CC[C@H](CO)N1c1ccc2c(C#N)nccc2c1.C[C@@H]1CC[C@H]([C@@H](O)C(F)(F)F)N1c1ccc2c(C#N)nccc2c1.C[C@@H]1CC[C@H]([C@H](O)C(F)(F)F)N1c1ccc2c(C#N)nccc2c1.N#Cc1nccc2cc(Br)ccc12.O=C(O)C(F)(F)F. The van der Waals surface area contributed by atoms with Crippen molar-refractivity contribution in [2.45, 2.75) is 190 Å². The summed E-state index contributed by atoms with van der Waals surface area (Å²) in [6.45, 7) is 10.7. The van der Waals surface area contributed by atoms with Crippen molar-refractivity contribution in [2.75, 3.05) is 32.8 Å². The van der Waals surface area contributed by atoms with Crippen LogP contribution < -0.4 is 24.9 Å². The first-order chi connectivity index (χ1) is 55.2. The summed E-state index contributed by atoms with van der Waals surface area (Å²) in [6, 6.07) is 47.2. The molecule has 5 aromatic heterocycles. The van der Waals surface area contributed by atoms with E-state index in [4.69, 9.17) is 41.3 Å². The van der Waals surface area contributed by atoms with Crippen molar-refractivity contribution in [2.24, 2.45) is 0 Å². The third kappa shape index (κ3) is 21.4. The molecule has 0 spiro atoms. The average Bonchev–Trinajstić information content (AvgIpc) is 1.58. The molecule has 6 N–H and O–H groups in total. The Morgan fingerprint density at radius 3 is 1.07 bits per heavy atom. The highest BCUT2D eigenvalue weighted by Gasteiger charge is 2.50. The lowest BCUT2D eigenvalue weighted by molar-refractivity contribution is -0.209. The molecular weight excluding hydrogens is 1580 g/mol. The molecule has 0 aliphatic carbocycles. The van der Waals surface area contributed by atoms with Crippen LogP contribution in [-0.4, -0.2) is 167 Å². The summed E-state index contributed by atoms with van der Waals surface area (Å²) in [7, 11) is 0. The number of carbonyl (C=O) groups excluding carboxylic acids is 1. The van der Waals surface area contributed by atoms with Crippen LogP contribution in [-0.2, 0) is 9.59 Å². The number of hydrogen-bond acceptors (Lipinski definition) is 21. The van der Waals surface area contributed by atoms with E-state index in [1.54, 1.807) is 76.9 Å². The first-order valence-electron chi connectivity index (χ1n) is 37.2. The van der Waals surface area contributed by atoms with E-state index < -0.39 is 48.8 Å². The molecule has 0 amide bonds. The highest BCUT2D eigenvalue weighted by molar-refractivity contribution is 9.10. The number of hydrogen-bond donors (Lipinski definition) is 6. The number of benzene rings is 5. The van der Waals surface area contributed by atoms with Gasteiger partial charge < -0.3 is 55.2 Å². The number of pyridine rings is 5. The molecule has 0 bridgehead atoms. The summed E-state index contributed by atoms with van der Waals surface area (Å²) in [5.74, 6) is -2.76. The number of nitrogens with one attached hydrogen (secondary N) is 1. The second-order valence-electron chi connectivity index (χ2n) is 28.7. The number of nitrogens with zero attached hydrogens (tertiary/aromatic N) is 14. The summed E-state index contributed by atoms with van der Waals surface area (Å²) in [5.41, 5.74) is 5.29. The van der Waals surface area contributed by atoms with E-state index in [2.05, 4.69) is 101 Å². The normalized spacial score (nSPS) is 21.4. The van der Waals surface area contributed by atoms with Crippen molar-refractivity contribution in [3.05, 3.63) is 185 Å². The quantitative estimate of drug-likeness (QED) is 0.0577. The third-order valence-electron chi connectivity index (χ3n) is 21.1. The van der Waals surface area contributed by atoms with Gasteiger partial charge in [-0.05, 0) is 241 Å². The molecule has 10 heterocycles. The van der Waals surface area contributed by atoms with Crippen molar-refractivity contribution >= 4 is 105 Å². The van der Waals surface area contributed by atoms with Crippen LogP contribution in [0.3, 0.4) is 0 Å². The lowest BCUT2D eigenvalue weighted by atomic mass is 10.1. The largest absolute Gasteiger partial charge is 0.490 e. The van der Waals surface area contributed by atoms with Gasteiger partial charge >= 0.3 is 24.5 Å². The molecule has 5 fully saturated rings. The van der Waals surface area contributed by atoms with Gasteiger partial charge in [-0.2, -0.15) is 65.8 Å². The van der Waals surface area contributed by atoms with Gasteiger partial charge in [0.1, 0.15) is 65.1 Å². The Morgan fingerprint density at radius 2 is 0.767 bits per heavy atom. The van der Waals surface area contributed by atoms with E-state index in [-0.39, 0.29) is 55.0 Å². The zero-order chi connectivity index (χ0) is 84.5. The predicted molar refractivity (Wildman–Crippen MR) is 424 cm³/mol. The maximum Gasteiger partial charge on any atom is 0.490 e. The number of carboxylic acid groups (broad SMARTS) is 1. The lowest BCUT2D eigenvalue weighted by Crippen LogP contribution is -2.48. The Hall–Kier alpha value is -11.4. The fraction of sp³-hybridized carbons (Fsp3) is 0.381. The molecular formula is C84H83BrF9N15O7. The van der Waals surface area contributed by atoms with Gasteiger partial charge in [-0.1, -0.05) is 22.0 Å². The molecule has 0 radical (unpaired) electrons. The molecule has 116 heavy (non-hydrogen) atoms. The Bertz CT molecular complexity index is 5210. The molecule has 5 aromatic carbocycles. The van der Waals surface area contributed by atoms with Crippen LogP contribution in [0.2, 0.25) is 0 Å². The molecule has 12 atom stereocenters. The summed E-state index contributed by atoms with van der Waals surface area (Å²) in [4.78, 5) is 47.9. The highest BCUT2D eigenvalue weighted by Crippen LogP contribution is 2.41. The molecule has 15 rings (SSSR count). The van der Waals surface area contributed by atoms with Crippen molar-refractivity contribution in [1.82, 2.24) is 30.2 Å². The molecule has 5 saturated heterocycles. The topological polar surface area (TPSA) is 344 Å². The summed E-state index contributed by atoms with van der Waals surface area (Å²) in [6.07, 6.45) is -2.04. The van der Waals surface area contributed by atoms with Gasteiger partial charge in [0.25, 0.3) is 0 Å². The van der Waals surface area contributed by atoms with E-state index in [0.29, 0.717) is 82.8 Å². The molecule has 0 unspecified atom stereocenters. The number of aldehydes is 1. The number of carboxylic acids is 1. The van der Waals surface area contributed by atoms with Crippen LogP contribution in [0, 0.1) is 56.7 Å². The monoisotopic (exact) mass is 1660 g/mol. The van der Waals surface area contributed by atoms with Gasteiger partial charge in [0.15, 0.2) is 12.2 Å². The fourth-order valence-electron chi connectivity index (χ4n) is 15.4. The van der Waals surface area contributed by atoms with E-state index in [1.807, 2.05) is 92.7 Å². The maximum atomic E-state index is 12.9. The van der Waals surface area contributed by atoms with Gasteiger partial charge in [-0.3, -0.25) is 0 Å². The van der Waals surface area contributed by atoms with E-state index in [0.717, 1.165) is 97.3 Å². The maximum absolute atomic E-state index is 12.9. The van der Waals surface area contributed by atoms with Crippen molar-refractivity contribution in [1.29, 1.82) is 26.3 Å². The average molecular weight is 1670 g/mol. The van der Waals surface area contributed by atoms with E-state index >= 15 is 0 Å². The zero-order valence-corrected chi connectivity index (χ0v) is 65.1. The number of fused-ring (bicyclic) bond motifs is 5. The fourth-order valence-corrected chi connectivity index (χ4v) is 15.7. The Balaban J connectivity index is 0.000000160. The Morgan fingerprint density at radius 1 is 0.457 bits per heavy atom. The van der Waals surface area contributed by atoms with Crippen LogP contribution in [0.25, 0.3) is 53.9 Å². The smallest absolute Gasteiger partial charge is 0.475 e. The standard InChI is InChI=1S/2C17H16F3N3O.C16H17N3O.C16H15N3O.C10H5BrN2.C6H13NO.C2HF3O2/c2*1-10-2-5-15(16(24)17(18,19)20)23(10)12-3-4-13-11(8-12)6-7-22-14(13)9-21;2*1-11-2-3-14(10-20)19(11)13-4-5-15-12(8-13)6-7-18-16(15)9-17;11-8-1-2-9-7(5-8)3-4-13-10(9)6-12;1-5-2-3-6(4-8)7-5;3-2(4,5)1(6)7/h2*3-4,6-8,10,15-16,24H,2,5H2,1H3;4-8,11,14,20H,2-3,10H2,1H3;4-8,10-11,14H,2-3H2,1H3;1-5H;5-8H,2-4H2,1H3;(H,6,7)/t10-,15-,16+;10-,15-,16-;2*11-,14-;;5-,6-;/m1111.1./s1. The molecule has 5 aliphatic rings. The Kier molecular flexibility index (Phi) is 30.0. The highest BCUT2D eigenvalue weighted by atomic mass is 79.9. The number of aliphatic hydroxyl groups excluding tert-OH is 4. The number of carbonyl (C=O) groups is 2. The number of alkyl halides is 9. The number of anilines is 4. The van der Waals surface area contributed by atoms with Crippen LogP contribution in [0.4, 0.5) is 62.3 Å². The third-order valence-corrected chi connectivity index (χ3v) is 21.6. The minimum absolute atomic E-state index is 0.0419. The molecule has 10 aromatic rings. The molecule has 22 nitrogen and oxygen atoms in total. The van der Waals surface area contributed by atoms with Crippen LogP contribution in [0.15, 0.2) is 157 Å². The number of aliphatic hydroxyl groups is 4. The molecule has 32 heteroatoms. The predicted octanol–water partition coefficient (Wildman–Crippen LogP) is 15.5. The van der Waals surface area contributed by atoms with Crippen LogP contribution in [0.5, 0.6) is 0 Å². The van der Waals surface area contributed by atoms with Crippen molar-refractivity contribution < 1.29 is 74.6 Å². The van der Waals surface area contributed by atoms with Crippen molar-refractivity contribution in [3.63, 3.8) is 0 Å². The van der Waals surface area contributed by atoms with Crippen LogP contribution >= 0.6 is 15.9 Å². The summed E-state index contributed by atoms with van der Waals surface area (Å²) < 4.78 is 110. The van der Waals surface area contributed by atoms with Gasteiger partial charge in [0, 0.05) is 121 Å². The van der Waals surface area contributed by atoms with Crippen molar-refractivity contribution in [3.8, 4) is 30.3 Å². The zero-order valence-electron chi connectivity index (χ0n) is 63.5. The second kappa shape index (κ2) is 39.3.